The zero-order valence-electron chi connectivity index (χ0n) is 57.0. The van der Waals surface area contributed by atoms with Crippen molar-refractivity contribution in [2.45, 2.75) is 0 Å². The summed E-state index contributed by atoms with van der Waals surface area (Å²) in [6.07, 6.45) is 0. The van der Waals surface area contributed by atoms with Crippen molar-refractivity contribution < 1.29 is 8.83 Å². The lowest BCUT2D eigenvalue weighted by Gasteiger charge is -2.16. The van der Waals surface area contributed by atoms with Gasteiger partial charge in [-0.1, -0.05) is 309 Å². The highest BCUT2D eigenvalue weighted by atomic mass is 16.3. The van der Waals surface area contributed by atoms with Gasteiger partial charge in [0.05, 0.1) is 0 Å². The van der Waals surface area contributed by atoms with Gasteiger partial charge in [0.25, 0.3) is 0 Å². The maximum absolute atomic E-state index is 6.23. The van der Waals surface area contributed by atoms with Crippen molar-refractivity contribution in [3.63, 3.8) is 0 Å². The van der Waals surface area contributed by atoms with E-state index in [4.69, 9.17) is 38.7 Å². The number of nitrogens with zero attached hydrogens (tertiary/aromatic N) is 6. The molecule has 0 amide bonds. The van der Waals surface area contributed by atoms with Crippen LogP contribution in [0.3, 0.4) is 0 Å². The molecule has 4 heterocycles. The molecule has 0 spiro atoms. The molecule has 106 heavy (non-hydrogen) atoms. The predicted octanol–water partition coefficient (Wildman–Crippen LogP) is 26.1. The lowest BCUT2D eigenvalue weighted by Crippen LogP contribution is -2.00. The summed E-state index contributed by atoms with van der Waals surface area (Å²) >= 11 is 0. The van der Waals surface area contributed by atoms with E-state index in [-0.39, 0.29) is 0 Å². The Labute approximate surface area is 607 Å². The molecule has 0 atom stereocenters. The lowest BCUT2D eigenvalue weighted by molar-refractivity contribution is 0.668. The number of furan rings is 2. The second kappa shape index (κ2) is 24.7. The SMILES string of the molecule is c1ccc(-c2nc(-c3ccc(-c4cc5c6ccccc6c6ccccc6c5c5ccccc45)cc3)nc(-c3ccc4c(c3)oc3ccccc34)n2)cc1.c1ccc(-c2nc(-c3ccc(-c4cc5c6ccccc6c6ccccc6c5c5ccccc45)cc3)nc(-c3cccc4oc5ccccc5c34)n2)cc1. The highest BCUT2D eigenvalue weighted by Gasteiger charge is 2.22. The topological polar surface area (TPSA) is 104 Å². The van der Waals surface area contributed by atoms with Crippen LogP contribution < -0.4 is 0 Å². The van der Waals surface area contributed by atoms with Crippen LogP contribution in [-0.2, 0) is 0 Å². The van der Waals surface area contributed by atoms with Crippen molar-refractivity contribution in [2.75, 3.05) is 0 Å². The molecule has 0 saturated carbocycles. The summed E-state index contributed by atoms with van der Waals surface area (Å²) in [5, 5.41) is 24.4. The molecular formula is C98H58N6O2. The fourth-order valence-corrected chi connectivity index (χ4v) is 16.1. The molecule has 22 aromatic rings. The van der Waals surface area contributed by atoms with Gasteiger partial charge in [-0.2, -0.15) is 0 Å². The van der Waals surface area contributed by atoms with Gasteiger partial charge >= 0.3 is 0 Å². The molecule has 22 rings (SSSR count). The Morgan fingerprint density at radius 2 is 0.434 bits per heavy atom. The highest BCUT2D eigenvalue weighted by molar-refractivity contribution is 6.34. The van der Waals surface area contributed by atoms with Crippen LogP contribution in [0.1, 0.15) is 0 Å². The van der Waals surface area contributed by atoms with Crippen LogP contribution in [0.2, 0.25) is 0 Å². The summed E-state index contributed by atoms with van der Waals surface area (Å²) in [7, 11) is 0. The summed E-state index contributed by atoms with van der Waals surface area (Å²) in [4.78, 5) is 30.2. The van der Waals surface area contributed by atoms with Crippen molar-refractivity contribution >= 4 is 130 Å². The lowest BCUT2D eigenvalue weighted by atomic mass is 9.87. The number of aromatic nitrogens is 6. The largest absolute Gasteiger partial charge is 0.456 e. The first-order valence-corrected chi connectivity index (χ1v) is 35.7. The van der Waals surface area contributed by atoms with Crippen molar-refractivity contribution in [2.24, 2.45) is 0 Å². The first-order chi connectivity index (χ1) is 52.5. The molecule has 0 unspecified atom stereocenters. The smallest absolute Gasteiger partial charge is 0.164 e. The molecule has 4 aromatic heterocycles. The van der Waals surface area contributed by atoms with Crippen molar-refractivity contribution in [3.8, 4) is 90.6 Å². The summed E-state index contributed by atoms with van der Waals surface area (Å²) < 4.78 is 12.5. The maximum atomic E-state index is 6.23. The number of hydrogen-bond donors (Lipinski definition) is 0. The van der Waals surface area contributed by atoms with Gasteiger partial charge in [-0.3, -0.25) is 0 Å². The van der Waals surface area contributed by atoms with Gasteiger partial charge in [0, 0.05) is 54.9 Å². The van der Waals surface area contributed by atoms with Crippen molar-refractivity contribution in [1.29, 1.82) is 0 Å². The van der Waals surface area contributed by atoms with E-state index < -0.39 is 0 Å². The van der Waals surface area contributed by atoms with Crippen molar-refractivity contribution in [1.82, 2.24) is 29.9 Å². The summed E-state index contributed by atoms with van der Waals surface area (Å²) in [5.74, 6) is 3.68. The molecule has 0 aliphatic heterocycles. The number of hydrogen-bond acceptors (Lipinski definition) is 8. The molecule has 0 aliphatic carbocycles. The van der Waals surface area contributed by atoms with E-state index in [1.54, 1.807) is 0 Å². The minimum Gasteiger partial charge on any atom is -0.456 e. The molecule has 0 N–H and O–H groups in total. The number of benzene rings is 18. The van der Waals surface area contributed by atoms with E-state index in [0.717, 1.165) is 88.4 Å². The Bertz CT molecular complexity index is 7310. The molecule has 0 fully saturated rings. The molecule has 0 saturated heterocycles. The summed E-state index contributed by atoms with van der Waals surface area (Å²) in [6, 6.07) is 123. The molecule has 18 aromatic carbocycles. The van der Waals surface area contributed by atoms with Crippen molar-refractivity contribution in [3.05, 3.63) is 352 Å². The molecular weight excluding hydrogens is 1290 g/mol. The number of fused-ring (bicyclic) bond motifs is 22. The van der Waals surface area contributed by atoms with Crippen LogP contribution in [0, 0.1) is 0 Å². The number of para-hydroxylation sites is 2. The fraction of sp³-hybridized carbons (Fsp3) is 0. The zero-order valence-corrected chi connectivity index (χ0v) is 57.0. The molecule has 8 nitrogen and oxygen atoms in total. The third-order valence-electron chi connectivity index (χ3n) is 21.0. The second-order valence-electron chi connectivity index (χ2n) is 27.1. The second-order valence-corrected chi connectivity index (χ2v) is 27.1. The van der Waals surface area contributed by atoms with Crippen LogP contribution in [0.4, 0.5) is 0 Å². The minimum atomic E-state index is 0.597. The number of rotatable bonds is 8. The Hall–Kier alpha value is -14.3. The van der Waals surface area contributed by atoms with E-state index in [1.165, 1.54) is 97.3 Å². The monoisotopic (exact) mass is 1350 g/mol. The van der Waals surface area contributed by atoms with E-state index in [2.05, 4.69) is 237 Å². The van der Waals surface area contributed by atoms with E-state index in [1.807, 2.05) is 115 Å². The van der Waals surface area contributed by atoms with Crippen LogP contribution in [0.25, 0.3) is 221 Å². The Balaban J connectivity index is 0.000000136. The van der Waals surface area contributed by atoms with Gasteiger partial charge < -0.3 is 8.83 Å². The standard InChI is InChI=1S/2C49H29N3O/c1-2-13-31(14-3-1)47-50-48(52-49(51-47)40-22-12-24-44-46(40)39-21-10-11-23-43(39)53-44)32-27-25-30(26-28-32)41-29-42-35-17-5-4-15-33(35)34-16-6-8-19-37(34)45(42)38-20-9-7-18-36(38)41;1-2-12-31(13-3-1)47-50-48(52-49(51-47)33-26-27-39-38-18-10-11-21-44(38)53-45(39)28-33)32-24-22-30(23-25-32)42-29-43-36-16-5-4-14-34(36)35-15-6-8-19-40(35)46(43)41-20-9-7-17-37(41)42/h2*1-29H. The van der Waals surface area contributed by atoms with Gasteiger partial charge in [0.1, 0.15) is 22.3 Å². The summed E-state index contributed by atoms with van der Waals surface area (Å²) in [5.41, 5.74) is 13.5. The Morgan fingerprint density at radius 1 is 0.142 bits per heavy atom. The average Bonchev–Trinajstić information content (AvgIpc) is 0.911. The molecule has 0 radical (unpaired) electrons. The average molecular weight is 1350 g/mol. The maximum Gasteiger partial charge on any atom is 0.164 e. The van der Waals surface area contributed by atoms with E-state index >= 15 is 0 Å². The van der Waals surface area contributed by atoms with E-state index in [0.29, 0.717) is 34.9 Å². The quantitative estimate of drug-likeness (QED) is 0.139. The first-order valence-electron chi connectivity index (χ1n) is 35.7. The van der Waals surface area contributed by atoms with Gasteiger partial charge in [-0.25, -0.2) is 29.9 Å². The predicted molar refractivity (Wildman–Crippen MR) is 438 cm³/mol. The van der Waals surface area contributed by atoms with Gasteiger partial charge in [-0.15, -0.1) is 0 Å². The van der Waals surface area contributed by atoms with Crippen LogP contribution >= 0.6 is 0 Å². The summed E-state index contributed by atoms with van der Waals surface area (Å²) in [6.45, 7) is 0. The van der Waals surface area contributed by atoms with Gasteiger partial charge in [-0.05, 0) is 151 Å². The Morgan fingerprint density at radius 3 is 0.896 bits per heavy atom. The highest BCUT2D eigenvalue weighted by Crippen LogP contribution is 2.46. The third-order valence-corrected chi connectivity index (χ3v) is 21.0. The van der Waals surface area contributed by atoms with Crippen LogP contribution in [0.15, 0.2) is 361 Å². The third kappa shape index (κ3) is 10.1. The fourth-order valence-electron chi connectivity index (χ4n) is 16.1. The van der Waals surface area contributed by atoms with Crippen LogP contribution in [-0.4, -0.2) is 29.9 Å². The minimum absolute atomic E-state index is 0.597. The molecule has 492 valence electrons. The zero-order chi connectivity index (χ0) is 69.8. The molecule has 0 bridgehead atoms. The first kappa shape index (κ1) is 60.4. The molecule has 0 aliphatic rings. The van der Waals surface area contributed by atoms with Gasteiger partial charge in [0.2, 0.25) is 0 Å². The normalized spacial score (nSPS) is 11.8. The van der Waals surface area contributed by atoms with Gasteiger partial charge in [0.15, 0.2) is 34.9 Å². The van der Waals surface area contributed by atoms with Crippen LogP contribution in [0.5, 0.6) is 0 Å². The molecule has 8 heteroatoms. The Kier molecular flexibility index (Phi) is 14.1. The van der Waals surface area contributed by atoms with E-state index in [9.17, 15) is 0 Å².